The van der Waals surface area contributed by atoms with Crippen molar-refractivity contribution in [3.8, 4) is 0 Å². The Morgan fingerprint density at radius 1 is 1.24 bits per heavy atom. The number of amides is 1. The minimum Gasteiger partial charge on any atom is -0.368 e. The van der Waals surface area contributed by atoms with Crippen LogP contribution in [0, 0.1) is 5.82 Å². The SMILES string of the molecule is CCNC(=NCCSc1ccc(F)cc1)N1CCN(C(=O)C2CCCO2)CC1.I. The van der Waals surface area contributed by atoms with Gasteiger partial charge >= 0.3 is 0 Å². The third-order valence-electron chi connectivity index (χ3n) is 4.87. The molecule has 3 rings (SSSR count). The van der Waals surface area contributed by atoms with Gasteiger partial charge in [0.1, 0.15) is 11.9 Å². The molecule has 29 heavy (non-hydrogen) atoms. The highest BCUT2D eigenvalue weighted by molar-refractivity contribution is 14.0. The lowest BCUT2D eigenvalue weighted by atomic mass is 10.2. The number of aliphatic imine (C=N–C) groups is 1. The van der Waals surface area contributed by atoms with Gasteiger partial charge in [-0.15, -0.1) is 35.7 Å². The Hall–Kier alpha value is -1.07. The monoisotopic (exact) mass is 536 g/mol. The quantitative estimate of drug-likeness (QED) is 0.199. The molecule has 9 heteroatoms. The number of carbonyl (C=O) groups is 1. The highest BCUT2D eigenvalue weighted by atomic mass is 127. The topological polar surface area (TPSA) is 57.2 Å². The van der Waals surface area contributed by atoms with Crippen molar-refractivity contribution < 1.29 is 13.9 Å². The molecule has 1 N–H and O–H groups in total. The van der Waals surface area contributed by atoms with Crippen LogP contribution in [-0.4, -0.2) is 79.4 Å². The highest BCUT2D eigenvalue weighted by Crippen LogP contribution is 2.18. The van der Waals surface area contributed by atoms with E-state index in [2.05, 4.69) is 17.1 Å². The maximum atomic E-state index is 13.0. The summed E-state index contributed by atoms with van der Waals surface area (Å²) in [4.78, 5) is 22.4. The van der Waals surface area contributed by atoms with E-state index in [1.54, 1.807) is 23.9 Å². The zero-order valence-electron chi connectivity index (χ0n) is 16.8. The molecular formula is C20H30FIN4O2S. The predicted octanol–water partition coefficient (Wildman–Crippen LogP) is 2.82. The van der Waals surface area contributed by atoms with E-state index in [1.807, 2.05) is 4.90 Å². The van der Waals surface area contributed by atoms with Gasteiger partial charge in [0.2, 0.25) is 0 Å². The number of halogens is 2. The minimum absolute atomic E-state index is 0. The van der Waals surface area contributed by atoms with Gasteiger partial charge in [0.25, 0.3) is 5.91 Å². The van der Waals surface area contributed by atoms with Crippen LogP contribution in [0.5, 0.6) is 0 Å². The Morgan fingerprint density at radius 3 is 2.55 bits per heavy atom. The fourth-order valence-electron chi connectivity index (χ4n) is 3.39. The van der Waals surface area contributed by atoms with E-state index < -0.39 is 0 Å². The van der Waals surface area contributed by atoms with Gasteiger partial charge in [-0.3, -0.25) is 9.79 Å². The van der Waals surface area contributed by atoms with E-state index in [4.69, 9.17) is 9.73 Å². The van der Waals surface area contributed by atoms with E-state index in [9.17, 15) is 9.18 Å². The van der Waals surface area contributed by atoms with Crippen LogP contribution in [0.4, 0.5) is 4.39 Å². The summed E-state index contributed by atoms with van der Waals surface area (Å²) in [6, 6.07) is 6.54. The summed E-state index contributed by atoms with van der Waals surface area (Å²) in [5.41, 5.74) is 0. The second-order valence-electron chi connectivity index (χ2n) is 6.85. The predicted molar refractivity (Wildman–Crippen MR) is 126 cm³/mol. The van der Waals surface area contributed by atoms with Crippen molar-refractivity contribution in [2.75, 3.05) is 51.6 Å². The molecule has 162 valence electrons. The van der Waals surface area contributed by atoms with Crippen molar-refractivity contribution in [1.29, 1.82) is 0 Å². The van der Waals surface area contributed by atoms with Crippen molar-refractivity contribution in [2.24, 2.45) is 4.99 Å². The molecule has 2 aliphatic heterocycles. The molecule has 2 saturated heterocycles. The summed E-state index contributed by atoms with van der Waals surface area (Å²) in [5.74, 6) is 1.65. The number of nitrogens with one attached hydrogen (secondary N) is 1. The maximum Gasteiger partial charge on any atom is 0.251 e. The molecule has 2 heterocycles. The fraction of sp³-hybridized carbons (Fsp3) is 0.600. The maximum absolute atomic E-state index is 13.0. The molecule has 0 aliphatic carbocycles. The van der Waals surface area contributed by atoms with Gasteiger partial charge in [-0.1, -0.05) is 0 Å². The minimum atomic E-state index is -0.239. The van der Waals surface area contributed by atoms with Gasteiger partial charge in [-0.25, -0.2) is 4.39 Å². The van der Waals surface area contributed by atoms with Crippen LogP contribution >= 0.6 is 35.7 Å². The van der Waals surface area contributed by atoms with Crippen LogP contribution in [0.2, 0.25) is 0 Å². The number of guanidine groups is 1. The molecule has 2 fully saturated rings. The van der Waals surface area contributed by atoms with Crippen molar-refractivity contribution >= 4 is 47.6 Å². The van der Waals surface area contributed by atoms with Gasteiger partial charge in [-0.05, 0) is 44.0 Å². The third-order valence-corrected chi connectivity index (χ3v) is 5.86. The number of nitrogens with zero attached hydrogens (tertiary/aromatic N) is 3. The Bertz CT molecular complexity index is 663. The average molecular weight is 536 g/mol. The molecule has 0 bridgehead atoms. The summed E-state index contributed by atoms with van der Waals surface area (Å²) in [7, 11) is 0. The molecule has 6 nitrogen and oxygen atoms in total. The smallest absolute Gasteiger partial charge is 0.251 e. The van der Waals surface area contributed by atoms with Crippen LogP contribution in [-0.2, 0) is 9.53 Å². The molecule has 2 aliphatic rings. The van der Waals surface area contributed by atoms with Crippen molar-refractivity contribution in [3.05, 3.63) is 30.1 Å². The lowest BCUT2D eigenvalue weighted by molar-refractivity contribution is -0.142. The van der Waals surface area contributed by atoms with Crippen LogP contribution in [0.3, 0.4) is 0 Å². The molecule has 1 unspecified atom stereocenters. The van der Waals surface area contributed by atoms with Crippen LogP contribution in [0.25, 0.3) is 0 Å². The summed E-state index contributed by atoms with van der Waals surface area (Å²) in [6.45, 7) is 7.19. The number of carbonyl (C=O) groups excluding carboxylic acids is 1. The van der Waals surface area contributed by atoms with E-state index in [0.29, 0.717) is 26.2 Å². The van der Waals surface area contributed by atoms with Gasteiger partial charge < -0.3 is 19.9 Å². The van der Waals surface area contributed by atoms with Gasteiger partial charge in [-0.2, -0.15) is 0 Å². The second-order valence-corrected chi connectivity index (χ2v) is 8.02. The molecular weight excluding hydrogens is 506 g/mol. The number of piperazine rings is 1. The summed E-state index contributed by atoms with van der Waals surface area (Å²) in [6.07, 6.45) is 1.58. The van der Waals surface area contributed by atoms with Crippen molar-refractivity contribution in [1.82, 2.24) is 15.1 Å². The number of hydrogen-bond acceptors (Lipinski definition) is 4. The first-order valence-electron chi connectivity index (χ1n) is 9.99. The zero-order valence-corrected chi connectivity index (χ0v) is 20.0. The average Bonchev–Trinajstić information content (AvgIpc) is 3.26. The Labute approximate surface area is 193 Å². The van der Waals surface area contributed by atoms with E-state index >= 15 is 0 Å². The van der Waals surface area contributed by atoms with Crippen LogP contribution in [0.15, 0.2) is 34.2 Å². The highest BCUT2D eigenvalue weighted by Gasteiger charge is 2.30. The van der Waals surface area contributed by atoms with Crippen LogP contribution in [0.1, 0.15) is 19.8 Å². The molecule has 1 amide bonds. The standard InChI is InChI=1S/C20H29FN4O2S.HI/c1-2-22-20(23-9-15-28-17-7-5-16(21)6-8-17)25-12-10-24(11-13-25)19(26)18-4-3-14-27-18;/h5-8,18H,2-4,9-15H2,1H3,(H,22,23);1H. The Morgan fingerprint density at radius 2 is 1.93 bits per heavy atom. The second kappa shape index (κ2) is 12.6. The summed E-state index contributed by atoms with van der Waals surface area (Å²) in [5, 5.41) is 3.35. The van der Waals surface area contributed by atoms with E-state index in [-0.39, 0.29) is 41.8 Å². The third kappa shape index (κ3) is 7.29. The molecule has 0 aromatic heterocycles. The first kappa shape index (κ1) is 24.2. The van der Waals surface area contributed by atoms with Crippen molar-refractivity contribution in [3.63, 3.8) is 0 Å². The number of rotatable bonds is 6. The molecule has 1 atom stereocenters. The van der Waals surface area contributed by atoms with Crippen molar-refractivity contribution in [2.45, 2.75) is 30.8 Å². The molecule has 0 radical (unpaired) electrons. The van der Waals surface area contributed by atoms with Crippen LogP contribution < -0.4 is 5.32 Å². The number of ether oxygens (including phenoxy) is 1. The molecule has 1 aromatic carbocycles. The van der Waals surface area contributed by atoms with E-state index in [0.717, 1.165) is 49.1 Å². The zero-order chi connectivity index (χ0) is 19.8. The van der Waals surface area contributed by atoms with Gasteiger partial charge in [0.15, 0.2) is 5.96 Å². The summed E-state index contributed by atoms with van der Waals surface area (Å²) < 4.78 is 18.5. The molecule has 1 aromatic rings. The number of hydrogen-bond donors (Lipinski definition) is 1. The van der Waals surface area contributed by atoms with E-state index in [1.165, 1.54) is 12.1 Å². The lowest BCUT2D eigenvalue weighted by Crippen LogP contribution is -2.55. The van der Waals surface area contributed by atoms with Gasteiger partial charge in [0.05, 0.1) is 6.54 Å². The molecule has 0 spiro atoms. The Balaban J connectivity index is 0.00000300. The normalized spacial score (nSPS) is 19.8. The largest absolute Gasteiger partial charge is 0.368 e. The first-order chi connectivity index (χ1) is 13.7. The number of thioether (sulfide) groups is 1. The first-order valence-corrected chi connectivity index (χ1v) is 11.0. The fourth-order valence-corrected chi connectivity index (χ4v) is 4.13. The number of benzene rings is 1. The Kier molecular flexibility index (Phi) is 10.5. The molecule has 0 saturated carbocycles. The van der Waals surface area contributed by atoms with Gasteiger partial charge in [0, 0.05) is 50.0 Å². The lowest BCUT2D eigenvalue weighted by Gasteiger charge is -2.37. The summed E-state index contributed by atoms with van der Waals surface area (Å²) >= 11 is 1.67.